The van der Waals surface area contributed by atoms with Crippen LogP contribution in [0.3, 0.4) is 0 Å². The molecule has 0 bridgehead atoms. The maximum Gasteiger partial charge on any atom is 0.155 e. The van der Waals surface area contributed by atoms with Crippen molar-refractivity contribution in [3.8, 4) is 0 Å². The Balaban J connectivity index is 1.99. The summed E-state index contributed by atoms with van der Waals surface area (Å²) in [6.45, 7) is 7.00. The number of hydrogen-bond donors (Lipinski definition) is 2. The van der Waals surface area contributed by atoms with Crippen LogP contribution in [0.5, 0.6) is 0 Å². The number of nitrogens with one attached hydrogen (secondary N) is 1. The molecule has 0 saturated carbocycles. The number of rotatable bonds is 5. The number of hydrogen-bond acceptors (Lipinski definition) is 4. The van der Waals surface area contributed by atoms with Crippen LogP contribution in [0.4, 0.5) is 0 Å². The molecule has 2 aromatic rings. The summed E-state index contributed by atoms with van der Waals surface area (Å²) < 4.78 is 1.78. The van der Waals surface area contributed by atoms with Gasteiger partial charge in [-0.15, -0.1) is 0 Å². The SMILES string of the molecule is CCC(C)(O)CNCc1cnc2cc(C)nn2c1. The van der Waals surface area contributed by atoms with Crippen molar-refractivity contribution in [1.29, 1.82) is 0 Å². The third-order valence-corrected chi connectivity index (χ3v) is 3.09. The van der Waals surface area contributed by atoms with Gasteiger partial charge in [-0.1, -0.05) is 6.92 Å². The van der Waals surface area contributed by atoms with E-state index in [9.17, 15) is 5.11 Å². The summed E-state index contributed by atoms with van der Waals surface area (Å²) in [5.41, 5.74) is 2.22. The van der Waals surface area contributed by atoms with Crippen molar-refractivity contribution in [2.24, 2.45) is 0 Å². The summed E-state index contributed by atoms with van der Waals surface area (Å²) in [6.07, 6.45) is 4.53. The average molecular weight is 248 g/mol. The molecule has 0 aliphatic carbocycles. The number of fused-ring (bicyclic) bond motifs is 1. The third kappa shape index (κ3) is 3.05. The first-order chi connectivity index (χ1) is 8.50. The highest BCUT2D eigenvalue weighted by Gasteiger charge is 2.16. The van der Waals surface area contributed by atoms with Crippen LogP contribution in [0.2, 0.25) is 0 Å². The highest BCUT2D eigenvalue weighted by Crippen LogP contribution is 2.07. The smallest absolute Gasteiger partial charge is 0.155 e. The maximum absolute atomic E-state index is 9.88. The van der Waals surface area contributed by atoms with Gasteiger partial charge in [0.2, 0.25) is 0 Å². The highest BCUT2D eigenvalue weighted by molar-refractivity contribution is 5.38. The van der Waals surface area contributed by atoms with Gasteiger partial charge >= 0.3 is 0 Å². The summed E-state index contributed by atoms with van der Waals surface area (Å²) in [4.78, 5) is 4.34. The second-order valence-electron chi connectivity index (χ2n) is 5.00. The molecule has 2 rings (SSSR count). The van der Waals surface area contributed by atoms with E-state index in [-0.39, 0.29) is 0 Å². The minimum absolute atomic E-state index is 0.569. The lowest BCUT2D eigenvalue weighted by atomic mass is 10.0. The minimum Gasteiger partial charge on any atom is -0.389 e. The fourth-order valence-corrected chi connectivity index (χ4v) is 1.73. The molecule has 0 fully saturated rings. The first-order valence-corrected chi connectivity index (χ1v) is 6.24. The molecule has 5 heteroatoms. The van der Waals surface area contributed by atoms with Gasteiger partial charge in [-0.25, -0.2) is 9.50 Å². The maximum atomic E-state index is 9.88. The lowest BCUT2D eigenvalue weighted by molar-refractivity contribution is 0.0555. The van der Waals surface area contributed by atoms with Crippen molar-refractivity contribution in [3.05, 3.63) is 29.7 Å². The predicted octanol–water partition coefficient (Wildman–Crippen LogP) is 1.29. The van der Waals surface area contributed by atoms with Crippen LogP contribution in [0.1, 0.15) is 31.5 Å². The summed E-state index contributed by atoms with van der Waals surface area (Å²) in [5.74, 6) is 0. The average Bonchev–Trinajstić information content (AvgIpc) is 2.68. The molecule has 0 saturated heterocycles. The molecule has 0 spiro atoms. The molecule has 0 aromatic carbocycles. The van der Waals surface area contributed by atoms with Gasteiger partial charge in [-0.05, 0) is 20.3 Å². The normalized spacial score (nSPS) is 14.9. The molecule has 2 N–H and O–H groups in total. The Labute approximate surface area is 107 Å². The number of aryl methyl sites for hydroxylation is 1. The van der Waals surface area contributed by atoms with Crippen LogP contribution in [0, 0.1) is 6.92 Å². The fraction of sp³-hybridized carbons (Fsp3) is 0.538. The van der Waals surface area contributed by atoms with E-state index in [1.165, 1.54) is 0 Å². The molecule has 0 amide bonds. The van der Waals surface area contributed by atoms with E-state index in [0.29, 0.717) is 13.1 Å². The van der Waals surface area contributed by atoms with Crippen LogP contribution in [0.15, 0.2) is 18.5 Å². The lowest BCUT2D eigenvalue weighted by Crippen LogP contribution is -2.36. The number of nitrogens with zero attached hydrogens (tertiary/aromatic N) is 3. The van der Waals surface area contributed by atoms with Crippen molar-refractivity contribution >= 4 is 5.65 Å². The Morgan fingerprint density at radius 2 is 2.28 bits per heavy atom. The van der Waals surface area contributed by atoms with Crippen molar-refractivity contribution < 1.29 is 5.11 Å². The van der Waals surface area contributed by atoms with E-state index in [0.717, 1.165) is 23.3 Å². The van der Waals surface area contributed by atoms with E-state index < -0.39 is 5.60 Å². The van der Waals surface area contributed by atoms with Crippen molar-refractivity contribution in [1.82, 2.24) is 19.9 Å². The van der Waals surface area contributed by atoms with E-state index in [1.807, 2.05) is 39.2 Å². The van der Waals surface area contributed by atoms with Crippen molar-refractivity contribution in [2.45, 2.75) is 39.3 Å². The first-order valence-electron chi connectivity index (χ1n) is 6.24. The summed E-state index contributed by atoms with van der Waals surface area (Å²) >= 11 is 0. The van der Waals surface area contributed by atoms with Crippen LogP contribution < -0.4 is 5.32 Å². The molecule has 5 nitrogen and oxygen atoms in total. The first kappa shape index (κ1) is 13.0. The molecule has 2 aromatic heterocycles. The molecule has 1 atom stereocenters. The van der Waals surface area contributed by atoms with E-state index in [4.69, 9.17) is 0 Å². The standard InChI is InChI=1S/C13H20N4O/c1-4-13(3,18)9-14-6-11-7-15-12-5-10(2)16-17(12)8-11/h5,7-8,14,18H,4,6,9H2,1-3H3. The quantitative estimate of drug-likeness (QED) is 0.837. The van der Waals surface area contributed by atoms with Crippen molar-refractivity contribution in [2.75, 3.05) is 6.54 Å². The van der Waals surface area contributed by atoms with Crippen LogP contribution in [-0.4, -0.2) is 31.9 Å². The molecule has 0 aliphatic heterocycles. The number of aliphatic hydroxyl groups is 1. The summed E-state index contributed by atoms with van der Waals surface area (Å²) in [5, 5.41) is 17.4. The third-order valence-electron chi connectivity index (χ3n) is 3.09. The van der Waals surface area contributed by atoms with Gasteiger partial charge in [0.15, 0.2) is 5.65 Å². The summed E-state index contributed by atoms with van der Waals surface area (Å²) in [6, 6.07) is 1.94. The Morgan fingerprint density at radius 3 is 3.00 bits per heavy atom. The zero-order valence-electron chi connectivity index (χ0n) is 11.1. The topological polar surface area (TPSA) is 62.5 Å². The zero-order valence-corrected chi connectivity index (χ0v) is 11.1. The van der Waals surface area contributed by atoms with Crippen LogP contribution in [0.25, 0.3) is 5.65 Å². The van der Waals surface area contributed by atoms with Crippen LogP contribution in [-0.2, 0) is 6.54 Å². The number of aromatic nitrogens is 3. The van der Waals surface area contributed by atoms with Gasteiger partial charge in [0.1, 0.15) is 0 Å². The molecular formula is C13H20N4O. The largest absolute Gasteiger partial charge is 0.389 e. The zero-order chi connectivity index (χ0) is 13.2. The molecule has 2 heterocycles. The molecule has 98 valence electrons. The fourth-order valence-electron chi connectivity index (χ4n) is 1.73. The molecule has 18 heavy (non-hydrogen) atoms. The second kappa shape index (κ2) is 5.04. The van der Waals surface area contributed by atoms with Gasteiger partial charge in [0, 0.05) is 37.1 Å². The van der Waals surface area contributed by atoms with Gasteiger partial charge in [-0.3, -0.25) is 0 Å². The predicted molar refractivity (Wildman–Crippen MR) is 70.3 cm³/mol. The Hall–Kier alpha value is -1.46. The van der Waals surface area contributed by atoms with E-state index >= 15 is 0 Å². The minimum atomic E-state index is -0.653. The van der Waals surface area contributed by atoms with Gasteiger partial charge in [0.05, 0.1) is 11.3 Å². The van der Waals surface area contributed by atoms with Gasteiger partial charge in [-0.2, -0.15) is 5.10 Å². The monoisotopic (exact) mass is 248 g/mol. The second-order valence-corrected chi connectivity index (χ2v) is 5.00. The Morgan fingerprint density at radius 1 is 1.50 bits per heavy atom. The van der Waals surface area contributed by atoms with Crippen molar-refractivity contribution in [3.63, 3.8) is 0 Å². The molecule has 1 unspecified atom stereocenters. The Kier molecular flexibility index (Phi) is 3.63. The van der Waals surface area contributed by atoms with E-state index in [1.54, 1.807) is 4.52 Å². The lowest BCUT2D eigenvalue weighted by Gasteiger charge is -2.21. The molecule has 0 aliphatic rings. The van der Waals surface area contributed by atoms with Gasteiger partial charge < -0.3 is 10.4 Å². The van der Waals surface area contributed by atoms with Crippen LogP contribution >= 0.6 is 0 Å². The van der Waals surface area contributed by atoms with Gasteiger partial charge in [0.25, 0.3) is 0 Å². The molecular weight excluding hydrogens is 228 g/mol. The Bertz CT molecular complexity index is 533. The van der Waals surface area contributed by atoms with E-state index in [2.05, 4.69) is 15.4 Å². The highest BCUT2D eigenvalue weighted by atomic mass is 16.3. The summed E-state index contributed by atoms with van der Waals surface area (Å²) in [7, 11) is 0. The molecule has 0 radical (unpaired) electrons.